The molecule has 0 saturated carbocycles. The number of hydrogen-bond acceptors (Lipinski definition) is 8. The molecule has 10 heteroatoms. The highest BCUT2D eigenvalue weighted by Gasteiger charge is 2.50. The number of nitrogens with zero attached hydrogens (tertiary/aromatic N) is 1. The van der Waals surface area contributed by atoms with Crippen molar-refractivity contribution in [1.29, 1.82) is 0 Å². The Kier molecular flexibility index (Phi) is 9.36. The number of urea groups is 1. The van der Waals surface area contributed by atoms with Gasteiger partial charge >= 0.3 is 18.0 Å². The second-order valence-corrected chi connectivity index (χ2v) is 9.73. The van der Waals surface area contributed by atoms with Crippen molar-refractivity contribution < 1.29 is 33.4 Å². The highest BCUT2D eigenvalue weighted by Crippen LogP contribution is 2.33. The Labute approximate surface area is 238 Å². The summed E-state index contributed by atoms with van der Waals surface area (Å²) in [4.78, 5) is 51.5. The van der Waals surface area contributed by atoms with Crippen LogP contribution in [0.25, 0.3) is 0 Å². The summed E-state index contributed by atoms with van der Waals surface area (Å²) >= 11 is 0. The molecule has 0 aromatic heterocycles. The van der Waals surface area contributed by atoms with Crippen LogP contribution >= 0.6 is 0 Å². The Morgan fingerprint density at radius 2 is 1.63 bits per heavy atom. The van der Waals surface area contributed by atoms with Gasteiger partial charge in [-0.3, -0.25) is 9.59 Å². The number of carbonyl (C=O) groups is 4. The second kappa shape index (κ2) is 13.1. The summed E-state index contributed by atoms with van der Waals surface area (Å²) in [6.07, 6.45) is 1.00. The predicted octanol–water partition coefficient (Wildman–Crippen LogP) is 4.93. The van der Waals surface area contributed by atoms with Gasteiger partial charge in [0.25, 0.3) is 0 Å². The van der Waals surface area contributed by atoms with Gasteiger partial charge in [0.1, 0.15) is 12.5 Å². The molecular formula is C31H33N3O7. The number of methoxy groups -OCH3 is 1. The van der Waals surface area contributed by atoms with Crippen molar-refractivity contribution in [2.24, 2.45) is 0 Å². The Morgan fingerprint density at radius 3 is 2.29 bits per heavy atom. The van der Waals surface area contributed by atoms with Gasteiger partial charge in [-0.15, -0.1) is 0 Å². The van der Waals surface area contributed by atoms with Crippen LogP contribution in [0, 0.1) is 6.92 Å². The third-order valence-electron chi connectivity index (χ3n) is 6.83. The van der Waals surface area contributed by atoms with Gasteiger partial charge in [-0.1, -0.05) is 30.3 Å². The van der Waals surface area contributed by atoms with Gasteiger partial charge in [-0.2, -0.15) is 0 Å². The SMILES string of the molecule is COC(=O)c1ccc(OCN2CCCC2(OC(C)=O)C(=O)Cc2ccc(NC(=O)Nc3ccccc3C)cc2)cc1. The van der Waals surface area contributed by atoms with Crippen LogP contribution < -0.4 is 15.4 Å². The van der Waals surface area contributed by atoms with Gasteiger partial charge < -0.3 is 24.8 Å². The lowest BCUT2D eigenvalue weighted by Crippen LogP contribution is -2.55. The van der Waals surface area contributed by atoms with E-state index >= 15 is 0 Å². The number of ether oxygens (including phenoxy) is 3. The number of hydrogen-bond donors (Lipinski definition) is 2. The van der Waals surface area contributed by atoms with Crippen molar-refractivity contribution >= 4 is 35.1 Å². The Morgan fingerprint density at radius 1 is 0.927 bits per heavy atom. The first-order valence-corrected chi connectivity index (χ1v) is 13.2. The maximum absolute atomic E-state index is 13.6. The maximum Gasteiger partial charge on any atom is 0.337 e. The van der Waals surface area contributed by atoms with Crippen LogP contribution in [-0.2, 0) is 25.5 Å². The summed E-state index contributed by atoms with van der Waals surface area (Å²) in [5.41, 5.74) is 1.86. The molecule has 1 heterocycles. The Bertz CT molecular complexity index is 1410. The summed E-state index contributed by atoms with van der Waals surface area (Å²) in [6, 6.07) is 20.5. The average Bonchev–Trinajstić information content (AvgIpc) is 3.36. The maximum atomic E-state index is 13.6. The fourth-order valence-corrected chi connectivity index (χ4v) is 4.73. The summed E-state index contributed by atoms with van der Waals surface area (Å²) in [6.45, 7) is 3.69. The third-order valence-corrected chi connectivity index (χ3v) is 6.83. The summed E-state index contributed by atoms with van der Waals surface area (Å²) in [5.74, 6) is -0.798. The second-order valence-electron chi connectivity index (χ2n) is 9.73. The molecule has 1 unspecified atom stereocenters. The highest BCUT2D eigenvalue weighted by molar-refractivity contribution is 6.00. The summed E-state index contributed by atoms with van der Waals surface area (Å²) in [5, 5.41) is 5.60. The van der Waals surface area contributed by atoms with E-state index in [0.717, 1.165) is 5.56 Å². The van der Waals surface area contributed by atoms with Gasteiger partial charge in [0.05, 0.1) is 12.7 Å². The first kappa shape index (κ1) is 29.3. The normalized spacial score (nSPS) is 16.5. The molecule has 1 aliphatic rings. The lowest BCUT2D eigenvalue weighted by atomic mass is 9.98. The van der Waals surface area contributed by atoms with E-state index in [9.17, 15) is 19.2 Å². The number of benzene rings is 3. The van der Waals surface area contributed by atoms with Gasteiger partial charge in [-0.25, -0.2) is 14.5 Å². The van der Waals surface area contributed by atoms with Crippen LogP contribution in [0.2, 0.25) is 0 Å². The third kappa shape index (κ3) is 7.29. The van der Waals surface area contributed by atoms with Crippen molar-refractivity contribution in [2.45, 2.75) is 38.8 Å². The minimum Gasteiger partial charge on any atom is -0.478 e. The molecule has 10 nitrogen and oxygen atoms in total. The number of rotatable bonds is 10. The monoisotopic (exact) mass is 559 g/mol. The molecule has 0 bridgehead atoms. The molecule has 2 amide bonds. The molecule has 0 aliphatic carbocycles. The van der Waals surface area contributed by atoms with E-state index in [1.165, 1.54) is 14.0 Å². The first-order valence-electron chi connectivity index (χ1n) is 13.2. The zero-order chi connectivity index (χ0) is 29.4. The largest absolute Gasteiger partial charge is 0.478 e. The number of anilines is 2. The lowest BCUT2D eigenvalue weighted by Gasteiger charge is -2.35. The van der Waals surface area contributed by atoms with Gasteiger partial charge in [-0.05, 0) is 66.9 Å². The van der Waals surface area contributed by atoms with Gasteiger partial charge in [0, 0.05) is 37.7 Å². The number of esters is 2. The summed E-state index contributed by atoms with van der Waals surface area (Å²) < 4.78 is 16.3. The van der Waals surface area contributed by atoms with Crippen LogP contribution in [0.15, 0.2) is 72.8 Å². The predicted molar refractivity (Wildman–Crippen MR) is 153 cm³/mol. The molecule has 0 spiro atoms. The van der Waals surface area contributed by atoms with Crippen LogP contribution in [0.3, 0.4) is 0 Å². The number of Topliss-reactive ketones (excluding diaryl/α,β-unsaturated/α-hetero) is 1. The molecule has 4 rings (SSSR count). The topological polar surface area (TPSA) is 123 Å². The number of nitrogens with one attached hydrogen (secondary N) is 2. The van der Waals surface area contributed by atoms with E-state index in [2.05, 4.69) is 10.6 Å². The molecule has 214 valence electrons. The molecule has 1 aliphatic heterocycles. The molecule has 1 atom stereocenters. The lowest BCUT2D eigenvalue weighted by molar-refractivity contribution is -0.188. The minimum absolute atomic E-state index is 0.00937. The molecule has 3 aromatic rings. The quantitative estimate of drug-likeness (QED) is 0.335. The van der Waals surface area contributed by atoms with Crippen molar-refractivity contribution in [3.05, 3.63) is 89.5 Å². The zero-order valence-corrected chi connectivity index (χ0v) is 23.3. The van der Waals surface area contributed by atoms with Gasteiger partial charge in [0.15, 0.2) is 5.78 Å². The fraction of sp³-hybridized carbons (Fsp3) is 0.290. The molecule has 1 saturated heterocycles. The van der Waals surface area contributed by atoms with Crippen molar-refractivity contribution in [3.63, 3.8) is 0 Å². The number of carbonyl (C=O) groups excluding carboxylic acids is 4. The number of para-hydroxylation sites is 1. The first-order chi connectivity index (χ1) is 19.7. The molecule has 2 N–H and O–H groups in total. The Balaban J connectivity index is 1.40. The minimum atomic E-state index is -1.46. The molecule has 3 aromatic carbocycles. The average molecular weight is 560 g/mol. The van der Waals surface area contributed by atoms with Gasteiger partial charge in [0.2, 0.25) is 5.72 Å². The number of aryl methyl sites for hydroxylation is 1. The van der Waals surface area contributed by atoms with Crippen LogP contribution in [-0.4, -0.2) is 54.8 Å². The smallest absolute Gasteiger partial charge is 0.337 e. The van der Waals surface area contributed by atoms with E-state index in [-0.39, 0.29) is 25.0 Å². The van der Waals surface area contributed by atoms with Crippen LogP contribution in [0.1, 0.15) is 41.3 Å². The number of ketones is 1. The van der Waals surface area contributed by atoms with E-state index in [0.29, 0.717) is 47.6 Å². The number of amides is 2. The van der Waals surface area contributed by atoms with Crippen molar-refractivity contribution in [1.82, 2.24) is 4.90 Å². The van der Waals surface area contributed by atoms with E-state index in [1.807, 2.05) is 31.2 Å². The van der Waals surface area contributed by atoms with Crippen LogP contribution in [0.4, 0.5) is 16.2 Å². The molecule has 41 heavy (non-hydrogen) atoms. The fourth-order valence-electron chi connectivity index (χ4n) is 4.73. The standard InChI is InChI=1S/C31H33N3O7/c1-21-7-4-5-8-27(21)33-30(38)32-25-13-9-23(10-14-25)19-28(36)31(41-22(2)35)17-6-18-34(31)20-40-26-15-11-24(12-16-26)29(37)39-3/h4-5,7-16H,6,17-20H2,1-3H3,(H2,32,33,38). The number of likely N-dealkylation sites (tertiary alicyclic amines) is 1. The van der Waals surface area contributed by atoms with E-state index in [1.54, 1.807) is 53.4 Å². The molecular weight excluding hydrogens is 526 g/mol. The highest BCUT2D eigenvalue weighted by atomic mass is 16.6. The van der Waals surface area contributed by atoms with E-state index in [4.69, 9.17) is 14.2 Å². The molecule has 0 radical (unpaired) electrons. The zero-order valence-electron chi connectivity index (χ0n) is 23.3. The van der Waals surface area contributed by atoms with Crippen molar-refractivity contribution in [3.8, 4) is 5.75 Å². The van der Waals surface area contributed by atoms with Crippen molar-refractivity contribution in [2.75, 3.05) is 31.0 Å². The summed E-state index contributed by atoms with van der Waals surface area (Å²) in [7, 11) is 1.31. The Hall–Kier alpha value is -4.70. The van der Waals surface area contributed by atoms with Crippen LogP contribution in [0.5, 0.6) is 5.75 Å². The molecule has 1 fully saturated rings. The van der Waals surface area contributed by atoms with E-state index < -0.39 is 17.7 Å².